The number of alkyl halides is 2. The van der Waals surface area contributed by atoms with Crippen LogP contribution in [0.15, 0.2) is 12.2 Å². The fourth-order valence-corrected chi connectivity index (χ4v) is 2.17. The number of hydrogen-bond acceptors (Lipinski definition) is 0. The molecule has 2 heteroatoms. The number of halogens is 2. The van der Waals surface area contributed by atoms with Crippen LogP contribution in [0.1, 0.15) is 25.7 Å². The van der Waals surface area contributed by atoms with Crippen LogP contribution in [0, 0.1) is 0 Å². The van der Waals surface area contributed by atoms with Crippen LogP contribution in [0.2, 0.25) is 0 Å². The monoisotopic (exact) mass is 266 g/mol. The van der Waals surface area contributed by atoms with Gasteiger partial charge in [0.05, 0.1) is 0 Å². The van der Waals surface area contributed by atoms with Gasteiger partial charge in [-0.2, -0.15) is 0 Å². The van der Waals surface area contributed by atoms with Crippen molar-refractivity contribution in [3.8, 4) is 0 Å². The fourth-order valence-electron chi connectivity index (χ4n) is 1.11. The highest BCUT2D eigenvalue weighted by Crippen LogP contribution is 2.25. The quantitative estimate of drug-likeness (QED) is 0.464. The molecule has 2 atom stereocenters. The molecule has 0 unspecified atom stereocenters. The number of rotatable bonds is 0. The summed E-state index contributed by atoms with van der Waals surface area (Å²) in [6.07, 6.45) is 9.52. The normalized spacial score (nSPS) is 35.0. The van der Waals surface area contributed by atoms with E-state index >= 15 is 0 Å². The Morgan fingerprint density at radius 2 is 1.30 bits per heavy atom. The molecular weight excluding hydrogens is 256 g/mol. The first-order valence-electron chi connectivity index (χ1n) is 3.74. The van der Waals surface area contributed by atoms with Gasteiger partial charge in [0.15, 0.2) is 0 Å². The molecule has 0 aromatic carbocycles. The maximum atomic E-state index is 3.66. The maximum Gasteiger partial charge on any atom is 0.0274 e. The molecule has 0 aliphatic heterocycles. The summed E-state index contributed by atoms with van der Waals surface area (Å²) in [6, 6.07) is 0. The highest BCUT2D eigenvalue weighted by molar-refractivity contribution is 9.12. The molecule has 0 spiro atoms. The summed E-state index contributed by atoms with van der Waals surface area (Å²) in [7, 11) is 0. The average Bonchev–Trinajstić information content (AvgIpc) is 1.92. The minimum absolute atomic E-state index is 0.664. The van der Waals surface area contributed by atoms with Crippen molar-refractivity contribution in [3.63, 3.8) is 0 Å². The van der Waals surface area contributed by atoms with E-state index in [-0.39, 0.29) is 0 Å². The van der Waals surface area contributed by atoms with Crippen molar-refractivity contribution in [1.29, 1.82) is 0 Å². The predicted octanol–water partition coefficient (Wildman–Crippen LogP) is 3.64. The summed E-state index contributed by atoms with van der Waals surface area (Å²) >= 11 is 7.32. The number of hydrogen-bond donors (Lipinski definition) is 0. The highest BCUT2D eigenvalue weighted by Gasteiger charge is 2.14. The first kappa shape index (κ1) is 8.79. The van der Waals surface area contributed by atoms with Crippen molar-refractivity contribution >= 4 is 31.9 Å². The lowest BCUT2D eigenvalue weighted by atomic mass is 10.1. The third-order valence-corrected chi connectivity index (χ3v) is 4.68. The van der Waals surface area contributed by atoms with Crippen molar-refractivity contribution in [2.75, 3.05) is 0 Å². The van der Waals surface area contributed by atoms with Crippen molar-refractivity contribution < 1.29 is 0 Å². The maximum absolute atomic E-state index is 3.66. The molecule has 0 amide bonds. The molecule has 0 heterocycles. The average molecular weight is 268 g/mol. The molecule has 1 rings (SSSR count). The highest BCUT2D eigenvalue weighted by atomic mass is 79.9. The van der Waals surface area contributed by atoms with Gasteiger partial charge in [0.2, 0.25) is 0 Å². The Morgan fingerprint density at radius 1 is 0.900 bits per heavy atom. The Balaban J connectivity index is 2.40. The van der Waals surface area contributed by atoms with Gasteiger partial charge in [0, 0.05) is 9.65 Å². The van der Waals surface area contributed by atoms with E-state index in [2.05, 4.69) is 44.0 Å². The SMILES string of the molecule is Br[C@@H]1CCC=CCC[C@H]1Br. The topological polar surface area (TPSA) is 0 Å². The summed E-state index contributed by atoms with van der Waals surface area (Å²) in [5.74, 6) is 0. The molecule has 0 saturated heterocycles. The van der Waals surface area contributed by atoms with Crippen molar-refractivity contribution in [2.24, 2.45) is 0 Å². The van der Waals surface area contributed by atoms with E-state index in [1.165, 1.54) is 25.7 Å². The van der Waals surface area contributed by atoms with E-state index in [0.717, 1.165) is 0 Å². The second kappa shape index (κ2) is 4.55. The van der Waals surface area contributed by atoms with Gasteiger partial charge < -0.3 is 0 Å². The van der Waals surface area contributed by atoms with Gasteiger partial charge in [-0.25, -0.2) is 0 Å². The second-order valence-electron chi connectivity index (χ2n) is 2.66. The largest absolute Gasteiger partial charge is 0.0885 e. The van der Waals surface area contributed by atoms with Crippen LogP contribution in [-0.2, 0) is 0 Å². The lowest BCUT2D eigenvalue weighted by Crippen LogP contribution is -2.14. The molecule has 0 saturated carbocycles. The van der Waals surface area contributed by atoms with Gasteiger partial charge >= 0.3 is 0 Å². The van der Waals surface area contributed by atoms with Crippen LogP contribution in [-0.4, -0.2) is 9.65 Å². The summed E-state index contributed by atoms with van der Waals surface area (Å²) in [5, 5.41) is 0. The Morgan fingerprint density at radius 3 is 1.70 bits per heavy atom. The Hall–Kier alpha value is 0.700. The standard InChI is InChI=1S/C8H12Br2/c9-7-5-3-1-2-4-6-8(7)10/h1-2,7-8H,3-6H2/t7-,8-/m1/s1. The van der Waals surface area contributed by atoms with E-state index in [1.54, 1.807) is 0 Å². The molecule has 1 aliphatic rings. The first-order chi connectivity index (χ1) is 4.80. The molecule has 0 nitrogen and oxygen atoms in total. The van der Waals surface area contributed by atoms with Crippen LogP contribution in [0.4, 0.5) is 0 Å². The van der Waals surface area contributed by atoms with Crippen LogP contribution in [0.5, 0.6) is 0 Å². The third-order valence-electron chi connectivity index (χ3n) is 1.78. The summed E-state index contributed by atoms with van der Waals surface area (Å²) in [6.45, 7) is 0. The summed E-state index contributed by atoms with van der Waals surface area (Å²) in [4.78, 5) is 1.33. The lowest BCUT2D eigenvalue weighted by Gasteiger charge is -2.16. The minimum atomic E-state index is 0.664. The molecule has 0 fully saturated rings. The first-order valence-corrected chi connectivity index (χ1v) is 5.57. The van der Waals surface area contributed by atoms with Crippen molar-refractivity contribution in [3.05, 3.63) is 12.2 Å². The lowest BCUT2D eigenvalue weighted by molar-refractivity contribution is 0.684. The fraction of sp³-hybridized carbons (Fsp3) is 0.750. The molecule has 1 aliphatic carbocycles. The third kappa shape index (κ3) is 2.75. The Kier molecular flexibility index (Phi) is 4.00. The van der Waals surface area contributed by atoms with E-state index in [9.17, 15) is 0 Å². The zero-order chi connectivity index (χ0) is 7.40. The smallest absolute Gasteiger partial charge is 0.0274 e. The van der Waals surface area contributed by atoms with Gasteiger partial charge in [0.1, 0.15) is 0 Å². The molecule has 10 heavy (non-hydrogen) atoms. The Bertz CT molecular complexity index is 106. The molecule has 0 N–H and O–H groups in total. The molecule has 58 valence electrons. The van der Waals surface area contributed by atoms with E-state index in [4.69, 9.17) is 0 Å². The molecule has 0 bridgehead atoms. The second-order valence-corrected chi connectivity index (χ2v) is 5.01. The van der Waals surface area contributed by atoms with Gasteiger partial charge in [-0.1, -0.05) is 44.0 Å². The summed E-state index contributed by atoms with van der Waals surface area (Å²) < 4.78 is 0. The van der Waals surface area contributed by atoms with E-state index in [1.807, 2.05) is 0 Å². The molecule has 0 aromatic heterocycles. The van der Waals surface area contributed by atoms with Gasteiger partial charge in [-0.3, -0.25) is 0 Å². The molecular formula is C8H12Br2. The zero-order valence-electron chi connectivity index (χ0n) is 5.89. The van der Waals surface area contributed by atoms with Crippen LogP contribution >= 0.6 is 31.9 Å². The predicted molar refractivity (Wildman–Crippen MR) is 53.0 cm³/mol. The van der Waals surface area contributed by atoms with Gasteiger partial charge in [0.25, 0.3) is 0 Å². The Labute approximate surface area is 79.3 Å². The van der Waals surface area contributed by atoms with E-state index < -0.39 is 0 Å². The number of allylic oxidation sites excluding steroid dienone is 2. The summed E-state index contributed by atoms with van der Waals surface area (Å²) in [5.41, 5.74) is 0. The van der Waals surface area contributed by atoms with Crippen molar-refractivity contribution in [1.82, 2.24) is 0 Å². The molecule has 0 aromatic rings. The minimum Gasteiger partial charge on any atom is -0.0885 e. The van der Waals surface area contributed by atoms with E-state index in [0.29, 0.717) is 9.65 Å². The van der Waals surface area contributed by atoms with Crippen molar-refractivity contribution in [2.45, 2.75) is 35.3 Å². The van der Waals surface area contributed by atoms with Gasteiger partial charge in [-0.15, -0.1) is 0 Å². The van der Waals surface area contributed by atoms with Gasteiger partial charge in [-0.05, 0) is 25.7 Å². The van der Waals surface area contributed by atoms with Crippen LogP contribution in [0.3, 0.4) is 0 Å². The van der Waals surface area contributed by atoms with Crippen LogP contribution in [0.25, 0.3) is 0 Å². The zero-order valence-corrected chi connectivity index (χ0v) is 9.07. The van der Waals surface area contributed by atoms with Crippen LogP contribution < -0.4 is 0 Å². The molecule has 0 radical (unpaired) electrons.